The van der Waals surface area contributed by atoms with Crippen LogP contribution in [0.1, 0.15) is 0 Å². The Morgan fingerprint density at radius 3 is 1.75 bits per heavy atom. The summed E-state index contributed by atoms with van der Waals surface area (Å²) in [5.74, 6) is 0. The molecule has 0 fully saturated rings. The second-order valence-electron chi connectivity index (χ2n) is 0.0680. The van der Waals surface area contributed by atoms with E-state index in [0.717, 1.165) is 0 Å². The predicted molar refractivity (Wildman–Crippen MR) is 5.69 cm³/mol. The van der Waals surface area contributed by atoms with Gasteiger partial charge in [-0.3, -0.25) is 0 Å². The smallest absolute Gasteiger partial charge is 0 e. The zero-order valence-electron chi connectivity index (χ0n) is 1.56. The molecule has 29 valence electrons. The Bertz CT molecular complexity index is 29.0. The first-order valence-electron chi connectivity index (χ1n) is 0.371. The van der Waals surface area contributed by atoms with Gasteiger partial charge in [-0.1, -0.05) is 0 Å². The molecule has 0 heterocycles. The van der Waals surface area contributed by atoms with Crippen LogP contribution in [0.3, 0.4) is 0 Å². The molecule has 3 heteroatoms. The molecule has 0 N–H and O–H groups in total. The van der Waals surface area contributed by atoms with Gasteiger partial charge in [-0.05, 0) is 0 Å². The molecule has 0 unspecified atom stereocenters. The van der Waals surface area contributed by atoms with E-state index in [0.29, 0.717) is 0 Å². The summed E-state index contributed by atoms with van der Waals surface area (Å²) in [6, 6.07) is 0. The van der Waals surface area contributed by atoms with Gasteiger partial charge in [-0.2, -0.15) is 0 Å². The first kappa shape index (κ1) is 8.82. The van der Waals surface area contributed by atoms with Gasteiger partial charge < -0.3 is 0 Å². The minimum atomic E-state index is 0. The van der Waals surface area contributed by atoms with Crippen molar-refractivity contribution in [2.45, 2.75) is 0 Å². The SMILES string of the molecule is O=[C]=[Co].[Ni]. The molecule has 1 nitrogen and oxygen atoms in total. The quantitative estimate of drug-likeness (QED) is 0.424. The molecular formula is CCoNiO. The first-order chi connectivity index (χ1) is 1.41. The molecule has 0 rings (SSSR count). The van der Waals surface area contributed by atoms with Crippen molar-refractivity contribution in [3.05, 3.63) is 0 Å². The van der Waals surface area contributed by atoms with Crippen LogP contribution in [-0.4, -0.2) is 4.82 Å². The number of carbonyl (C=O) groups excluding carboxylic acids is 1. The second kappa shape index (κ2) is 9.55. The van der Waals surface area contributed by atoms with Gasteiger partial charge in [-0.25, -0.2) is 0 Å². The molecule has 0 aliphatic heterocycles. The second-order valence-corrected chi connectivity index (χ2v) is 0.281. The van der Waals surface area contributed by atoms with Crippen LogP contribution in [0.25, 0.3) is 0 Å². The largest absolute Gasteiger partial charge is 0 e. The van der Waals surface area contributed by atoms with Gasteiger partial charge in [0.2, 0.25) is 0 Å². The van der Waals surface area contributed by atoms with Crippen LogP contribution in [0.5, 0.6) is 0 Å². The summed E-state index contributed by atoms with van der Waals surface area (Å²) in [7, 11) is 0. The first-order valence-corrected chi connectivity index (χ1v) is 0.891. The summed E-state index contributed by atoms with van der Waals surface area (Å²) in [5.41, 5.74) is 0. The zero-order chi connectivity index (χ0) is 2.71. The van der Waals surface area contributed by atoms with Crippen LogP contribution >= 0.6 is 0 Å². The molecule has 4 heavy (non-hydrogen) atoms. The number of rotatable bonds is 0. The minimum absolute atomic E-state index is 0. The molecule has 0 saturated heterocycles. The van der Waals surface area contributed by atoms with Gasteiger partial charge in [0, 0.05) is 16.5 Å². The Morgan fingerprint density at radius 2 is 1.75 bits per heavy atom. The third-order valence-electron chi connectivity index (χ3n) is 0. The molecular weight excluding hydrogens is 146 g/mol. The fourth-order valence-corrected chi connectivity index (χ4v) is 0. The van der Waals surface area contributed by atoms with Crippen molar-refractivity contribution in [3.8, 4) is 0 Å². The van der Waals surface area contributed by atoms with Crippen molar-refractivity contribution in [1.29, 1.82) is 0 Å². The van der Waals surface area contributed by atoms with Crippen molar-refractivity contribution in [3.63, 3.8) is 0 Å². The Balaban J connectivity index is 0. The van der Waals surface area contributed by atoms with Crippen LogP contribution in [0.4, 0.5) is 0 Å². The van der Waals surface area contributed by atoms with Gasteiger partial charge in [0.1, 0.15) is 0 Å². The van der Waals surface area contributed by atoms with E-state index < -0.39 is 0 Å². The summed E-state index contributed by atoms with van der Waals surface area (Å²) in [4.78, 5) is 9.73. The van der Waals surface area contributed by atoms with Crippen molar-refractivity contribution in [2.75, 3.05) is 0 Å². The average molecular weight is 146 g/mol. The summed E-state index contributed by atoms with van der Waals surface area (Å²) < 4.78 is 0. The van der Waals surface area contributed by atoms with E-state index in [2.05, 4.69) is 15.3 Å². The van der Waals surface area contributed by atoms with Crippen molar-refractivity contribution in [2.24, 2.45) is 0 Å². The van der Waals surface area contributed by atoms with E-state index >= 15 is 0 Å². The van der Waals surface area contributed by atoms with Gasteiger partial charge in [0.05, 0.1) is 0 Å². The molecule has 0 radical (unpaired) electrons. The molecule has 0 aliphatic carbocycles. The fraction of sp³-hybridized carbons (Fsp3) is 0. The minimum Gasteiger partial charge on any atom is 0 e. The van der Waals surface area contributed by atoms with Gasteiger partial charge in [0.25, 0.3) is 0 Å². The standard InChI is InChI=1S/CO.Co.Ni/c1-2;;. The fourth-order valence-electron chi connectivity index (χ4n) is 0. The zero-order valence-corrected chi connectivity index (χ0v) is 3.59. The molecule has 0 aromatic heterocycles. The van der Waals surface area contributed by atoms with Crippen molar-refractivity contribution < 1.29 is 36.6 Å². The van der Waals surface area contributed by atoms with E-state index in [-0.39, 0.29) is 16.5 Å². The summed E-state index contributed by atoms with van der Waals surface area (Å²) in [5, 5.41) is 0. The molecule has 0 atom stereocenters. The number of hydrogen-bond acceptors (Lipinski definition) is 1. The normalized spacial score (nSPS) is 2.25. The molecule has 0 spiro atoms. The van der Waals surface area contributed by atoms with E-state index in [1.807, 2.05) is 0 Å². The maximum Gasteiger partial charge on any atom is 0 e. The van der Waals surface area contributed by atoms with E-state index in [4.69, 9.17) is 4.79 Å². The summed E-state index contributed by atoms with van der Waals surface area (Å²) >= 11 is 3.02. The monoisotopic (exact) mass is 145 g/mol. The summed E-state index contributed by atoms with van der Waals surface area (Å²) in [6.45, 7) is 0. The topological polar surface area (TPSA) is 17.1 Å². The van der Waals surface area contributed by atoms with Gasteiger partial charge in [0.15, 0.2) is 0 Å². The Labute approximate surface area is 41.8 Å². The molecule has 0 aromatic carbocycles. The van der Waals surface area contributed by atoms with Crippen LogP contribution in [-0.2, 0) is 36.6 Å². The maximum atomic E-state index is 8.54. The maximum absolute atomic E-state index is 8.54. The Kier molecular flexibility index (Phi) is 21.0. The van der Waals surface area contributed by atoms with Crippen LogP contribution in [0.15, 0.2) is 0 Å². The summed E-state index contributed by atoms with van der Waals surface area (Å²) in [6.07, 6.45) is 0. The van der Waals surface area contributed by atoms with Crippen LogP contribution in [0.2, 0.25) is 0 Å². The number of hydrogen-bond donors (Lipinski definition) is 0. The van der Waals surface area contributed by atoms with Gasteiger partial charge >= 0.3 is 24.9 Å². The average Bonchev–Trinajstić information content (AvgIpc) is 0.918. The van der Waals surface area contributed by atoms with Crippen molar-refractivity contribution >= 4 is 4.82 Å². The molecule has 0 bridgehead atoms. The van der Waals surface area contributed by atoms with E-state index in [1.165, 1.54) is 4.82 Å². The molecule has 0 aliphatic rings. The van der Waals surface area contributed by atoms with Crippen LogP contribution in [0, 0.1) is 0 Å². The van der Waals surface area contributed by atoms with E-state index in [9.17, 15) is 0 Å². The van der Waals surface area contributed by atoms with Crippen LogP contribution < -0.4 is 0 Å². The van der Waals surface area contributed by atoms with Crippen molar-refractivity contribution in [1.82, 2.24) is 0 Å². The molecule has 0 aromatic rings. The van der Waals surface area contributed by atoms with Gasteiger partial charge in [-0.15, -0.1) is 0 Å². The molecule has 0 saturated carbocycles. The third kappa shape index (κ3) is 19.1. The molecule has 0 amide bonds. The third-order valence-corrected chi connectivity index (χ3v) is 0. The predicted octanol–water partition coefficient (Wildman–Crippen LogP) is -0.402. The Hall–Kier alpha value is 0.580. The Morgan fingerprint density at radius 1 is 1.75 bits per heavy atom. The van der Waals surface area contributed by atoms with E-state index in [1.54, 1.807) is 0 Å².